The third kappa shape index (κ3) is 3.01. The van der Waals surface area contributed by atoms with Crippen LogP contribution < -0.4 is 0 Å². The Kier molecular flexibility index (Phi) is 4.57. The molecule has 0 N–H and O–H groups in total. The van der Waals surface area contributed by atoms with E-state index in [0.29, 0.717) is 5.92 Å². The summed E-state index contributed by atoms with van der Waals surface area (Å²) in [5.41, 5.74) is 10.8. The molecule has 122 valence electrons. The topological polar surface area (TPSA) is 0 Å². The van der Waals surface area contributed by atoms with Gasteiger partial charge >= 0.3 is 0 Å². The molecule has 3 aromatic rings. The van der Waals surface area contributed by atoms with Crippen molar-refractivity contribution in [3.63, 3.8) is 0 Å². The molecule has 0 unspecified atom stereocenters. The molecule has 0 aromatic heterocycles. The molecule has 0 radical (unpaired) electrons. The molecule has 24 heavy (non-hydrogen) atoms. The van der Waals surface area contributed by atoms with Gasteiger partial charge in [-0.3, -0.25) is 0 Å². The normalized spacial score (nSPS) is 11.1. The summed E-state index contributed by atoms with van der Waals surface area (Å²) in [4.78, 5) is 0. The van der Waals surface area contributed by atoms with Crippen LogP contribution in [0.3, 0.4) is 0 Å². The van der Waals surface area contributed by atoms with Crippen molar-refractivity contribution in [1.82, 2.24) is 0 Å². The Morgan fingerprint density at radius 2 is 1.25 bits per heavy atom. The van der Waals surface area contributed by atoms with E-state index in [1.165, 1.54) is 44.5 Å². The highest BCUT2D eigenvalue weighted by Gasteiger charge is 2.14. The van der Waals surface area contributed by atoms with Crippen molar-refractivity contribution in [1.29, 1.82) is 0 Å². The number of hydrogen-bond donors (Lipinski definition) is 0. The van der Waals surface area contributed by atoms with Gasteiger partial charge in [-0.1, -0.05) is 80.1 Å². The van der Waals surface area contributed by atoms with Gasteiger partial charge in [-0.25, -0.2) is 0 Å². The fourth-order valence-electron chi connectivity index (χ4n) is 3.50. The Hall–Kier alpha value is -2.34. The van der Waals surface area contributed by atoms with E-state index < -0.39 is 0 Å². The average molecular weight is 314 g/mol. The van der Waals surface area contributed by atoms with Crippen LogP contribution in [0.15, 0.2) is 60.7 Å². The van der Waals surface area contributed by atoms with Gasteiger partial charge in [-0.2, -0.15) is 0 Å². The Balaban J connectivity index is 2.24. The summed E-state index contributed by atoms with van der Waals surface area (Å²) in [6.45, 7) is 11.2. The summed E-state index contributed by atoms with van der Waals surface area (Å²) in [6, 6.07) is 22.2. The van der Waals surface area contributed by atoms with Crippen LogP contribution in [0, 0.1) is 20.8 Å². The molecule has 0 saturated heterocycles. The first-order valence-electron chi connectivity index (χ1n) is 8.75. The summed E-state index contributed by atoms with van der Waals surface area (Å²) in [6.07, 6.45) is 0. The molecule has 0 saturated carbocycles. The van der Waals surface area contributed by atoms with E-state index in [9.17, 15) is 0 Å². The Morgan fingerprint density at radius 3 is 1.92 bits per heavy atom. The zero-order chi connectivity index (χ0) is 17.3. The molecule has 3 rings (SSSR count). The molecule has 0 aliphatic heterocycles. The highest BCUT2D eigenvalue weighted by Crippen LogP contribution is 2.37. The maximum absolute atomic E-state index is 2.33. The molecule has 0 spiro atoms. The number of rotatable bonds is 3. The predicted molar refractivity (Wildman–Crippen MR) is 106 cm³/mol. The first kappa shape index (κ1) is 16.5. The minimum atomic E-state index is 0.516. The van der Waals surface area contributed by atoms with E-state index in [2.05, 4.69) is 95.3 Å². The largest absolute Gasteiger partial charge is 0.0620 e. The van der Waals surface area contributed by atoms with E-state index in [1.807, 2.05) is 0 Å². The van der Waals surface area contributed by atoms with Crippen molar-refractivity contribution in [3.05, 3.63) is 82.9 Å². The standard InChI is InChI=1S/C24H26/c1-16(2)20-14-13-17(3)15-24(20)23-12-8-11-22(19(23)5)21-10-7-6-9-18(21)4/h6-16H,1-5H3. The lowest BCUT2D eigenvalue weighted by molar-refractivity contribution is 0.868. The van der Waals surface area contributed by atoms with Crippen molar-refractivity contribution >= 4 is 0 Å². The van der Waals surface area contributed by atoms with Gasteiger partial charge in [0.2, 0.25) is 0 Å². The molecule has 0 heteroatoms. The van der Waals surface area contributed by atoms with Gasteiger partial charge in [0.1, 0.15) is 0 Å². The SMILES string of the molecule is Cc1ccc(C(C)C)c(-c2cccc(-c3ccccc3C)c2C)c1. The molecule has 0 heterocycles. The maximum atomic E-state index is 2.33. The van der Waals surface area contributed by atoms with E-state index in [0.717, 1.165) is 0 Å². The average Bonchev–Trinajstić information content (AvgIpc) is 2.55. The Morgan fingerprint density at radius 1 is 0.625 bits per heavy atom. The van der Waals surface area contributed by atoms with Crippen LogP contribution in [0.5, 0.6) is 0 Å². The summed E-state index contributed by atoms with van der Waals surface area (Å²) in [7, 11) is 0. The van der Waals surface area contributed by atoms with Gasteiger partial charge in [0, 0.05) is 0 Å². The highest BCUT2D eigenvalue weighted by atomic mass is 14.2. The van der Waals surface area contributed by atoms with Crippen LogP contribution in [0.1, 0.15) is 42.0 Å². The predicted octanol–water partition coefficient (Wildman–Crippen LogP) is 7.07. The molecule has 3 aromatic carbocycles. The summed E-state index contributed by atoms with van der Waals surface area (Å²) < 4.78 is 0. The van der Waals surface area contributed by atoms with Gasteiger partial charge < -0.3 is 0 Å². The zero-order valence-corrected chi connectivity index (χ0v) is 15.4. The van der Waals surface area contributed by atoms with Crippen molar-refractivity contribution in [3.8, 4) is 22.3 Å². The van der Waals surface area contributed by atoms with Gasteiger partial charge in [-0.15, -0.1) is 0 Å². The molecule has 0 nitrogen and oxygen atoms in total. The smallest absolute Gasteiger partial charge is 0.0144 e. The lowest BCUT2D eigenvalue weighted by atomic mass is 9.86. The monoisotopic (exact) mass is 314 g/mol. The molecule has 0 aliphatic rings. The van der Waals surface area contributed by atoms with Crippen LogP contribution in [-0.2, 0) is 0 Å². The fraction of sp³-hybridized carbons (Fsp3) is 0.250. The van der Waals surface area contributed by atoms with Gasteiger partial charge in [0.25, 0.3) is 0 Å². The molecule has 0 atom stereocenters. The summed E-state index contributed by atoms with van der Waals surface area (Å²) in [5.74, 6) is 0.516. The van der Waals surface area contributed by atoms with Crippen LogP contribution in [0.2, 0.25) is 0 Å². The minimum Gasteiger partial charge on any atom is -0.0620 e. The van der Waals surface area contributed by atoms with Crippen molar-refractivity contribution in [2.24, 2.45) is 0 Å². The Bertz CT molecular complexity index is 869. The zero-order valence-electron chi connectivity index (χ0n) is 15.4. The summed E-state index contributed by atoms with van der Waals surface area (Å²) in [5, 5.41) is 0. The van der Waals surface area contributed by atoms with Gasteiger partial charge in [-0.05, 0) is 65.6 Å². The van der Waals surface area contributed by atoms with E-state index in [4.69, 9.17) is 0 Å². The number of benzene rings is 3. The molecule has 0 fully saturated rings. The molecule has 0 bridgehead atoms. The maximum Gasteiger partial charge on any atom is -0.0144 e. The lowest BCUT2D eigenvalue weighted by Crippen LogP contribution is -1.96. The van der Waals surface area contributed by atoms with Gasteiger partial charge in [0.05, 0.1) is 0 Å². The van der Waals surface area contributed by atoms with Crippen molar-refractivity contribution in [2.75, 3.05) is 0 Å². The second-order valence-electron chi connectivity index (χ2n) is 7.04. The van der Waals surface area contributed by atoms with E-state index in [1.54, 1.807) is 0 Å². The molecule has 0 aliphatic carbocycles. The lowest BCUT2D eigenvalue weighted by Gasteiger charge is -2.18. The molecular weight excluding hydrogens is 288 g/mol. The second-order valence-corrected chi connectivity index (χ2v) is 7.04. The first-order chi connectivity index (χ1) is 11.5. The third-order valence-corrected chi connectivity index (χ3v) is 4.89. The summed E-state index contributed by atoms with van der Waals surface area (Å²) >= 11 is 0. The number of aryl methyl sites for hydroxylation is 2. The van der Waals surface area contributed by atoms with Gasteiger partial charge in [0.15, 0.2) is 0 Å². The quantitative estimate of drug-likeness (QED) is 0.485. The van der Waals surface area contributed by atoms with E-state index in [-0.39, 0.29) is 0 Å². The van der Waals surface area contributed by atoms with Crippen LogP contribution >= 0.6 is 0 Å². The van der Waals surface area contributed by atoms with Crippen LogP contribution in [0.25, 0.3) is 22.3 Å². The minimum absolute atomic E-state index is 0.516. The molecule has 0 amide bonds. The fourth-order valence-corrected chi connectivity index (χ4v) is 3.50. The van der Waals surface area contributed by atoms with Crippen molar-refractivity contribution < 1.29 is 0 Å². The highest BCUT2D eigenvalue weighted by molar-refractivity contribution is 5.81. The second kappa shape index (κ2) is 6.65. The van der Waals surface area contributed by atoms with Crippen molar-refractivity contribution in [2.45, 2.75) is 40.5 Å². The van der Waals surface area contributed by atoms with E-state index >= 15 is 0 Å². The molecular formula is C24H26. The Labute approximate surface area is 146 Å². The van der Waals surface area contributed by atoms with Crippen LogP contribution in [0.4, 0.5) is 0 Å². The third-order valence-electron chi connectivity index (χ3n) is 4.89. The first-order valence-corrected chi connectivity index (χ1v) is 8.75. The number of hydrogen-bond acceptors (Lipinski definition) is 0. The van der Waals surface area contributed by atoms with Crippen LogP contribution in [-0.4, -0.2) is 0 Å².